The van der Waals surface area contributed by atoms with E-state index in [0.717, 1.165) is 25.3 Å². The number of carbonyl (C=O) groups is 2. The first-order chi connectivity index (χ1) is 12.7. The van der Waals surface area contributed by atoms with Crippen molar-refractivity contribution in [3.05, 3.63) is 29.6 Å². The molecule has 0 fully saturated rings. The van der Waals surface area contributed by atoms with Gasteiger partial charge in [-0.15, -0.1) is 0 Å². The molecule has 0 aromatic heterocycles. The lowest BCUT2D eigenvalue weighted by atomic mass is 9.94. The summed E-state index contributed by atoms with van der Waals surface area (Å²) in [7, 11) is 0. The van der Waals surface area contributed by atoms with E-state index in [0.29, 0.717) is 12.5 Å². The topological polar surface area (TPSA) is 52.6 Å². The second-order valence-corrected chi connectivity index (χ2v) is 6.95. The Bertz CT molecular complexity index is 644. The van der Waals surface area contributed by atoms with E-state index >= 15 is 0 Å². The summed E-state index contributed by atoms with van der Waals surface area (Å²) in [6.07, 6.45) is 7.37. The van der Waals surface area contributed by atoms with E-state index in [9.17, 15) is 22.8 Å². The third-order valence-electron chi connectivity index (χ3n) is 4.20. The zero-order valence-electron chi connectivity index (χ0n) is 16.1. The molecule has 0 bridgehead atoms. The smallest absolute Gasteiger partial charge is 0.328 e. The van der Waals surface area contributed by atoms with Crippen LogP contribution in [-0.2, 0) is 14.3 Å². The van der Waals surface area contributed by atoms with Crippen LogP contribution in [0.2, 0.25) is 0 Å². The van der Waals surface area contributed by atoms with Crippen LogP contribution in [0.1, 0.15) is 65.7 Å². The van der Waals surface area contributed by atoms with Gasteiger partial charge in [0.15, 0.2) is 22.8 Å². The van der Waals surface area contributed by atoms with Crippen molar-refractivity contribution in [3.63, 3.8) is 0 Å². The first-order valence-electron chi connectivity index (χ1n) is 9.24. The molecule has 0 aliphatic carbocycles. The predicted molar refractivity (Wildman–Crippen MR) is 94.7 cm³/mol. The molecule has 0 N–H and O–H groups in total. The summed E-state index contributed by atoms with van der Waals surface area (Å²) in [5.41, 5.74) is -1.71. The number of hydrogen-bond donors (Lipinski definition) is 0. The molecule has 1 aromatic carbocycles. The van der Waals surface area contributed by atoms with Crippen LogP contribution in [0, 0.1) is 22.9 Å². The largest absolute Gasteiger partial charge is 0.465 e. The van der Waals surface area contributed by atoms with Crippen molar-refractivity contribution >= 4 is 11.9 Å². The Morgan fingerprint density at radius 1 is 0.889 bits per heavy atom. The highest BCUT2D eigenvalue weighted by molar-refractivity contribution is 5.99. The molecular weight excluding hydrogens is 361 g/mol. The number of esters is 2. The van der Waals surface area contributed by atoms with Crippen LogP contribution in [0.15, 0.2) is 12.1 Å². The minimum atomic E-state index is -1.75. The zero-order valence-corrected chi connectivity index (χ0v) is 16.1. The highest BCUT2D eigenvalue weighted by atomic mass is 19.2. The van der Waals surface area contributed by atoms with Gasteiger partial charge in [-0.05, 0) is 32.4 Å². The average Bonchev–Trinajstić information content (AvgIpc) is 2.63. The molecule has 0 saturated heterocycles. The Kier molecular flexibility index (Phi) is 9.32. The maximum absolute atomic E-state index is 13.6. The average molecular weight is 388 g/mol. The molecule has 4 nitrogen and oxygen atoms in total. The molecule has 0 saturated carbocycles. The summed E-state index contributed by atoms with van der Waals surface area (Å²) in [6.45, 7) is 4.84. The number of benzene rings is 1. The van der Waals surface area contributed by atoms with E-state index in [2.05, 4.69) is 6.92 Å². The van der Waals surface area contributed by atoms with Crippen molar-refractivity contribution in [1.29, 1.82) is 0 Å². The van der Waals surface area contributed by atoms with Crippen LogP contribution in [-0.4, -0.2) is 18.5 Å². The van der Waals surface area contributed by atoms with Gasteiger partial charge in [-0.1, -0.05) is 45.4 Å². The first kappa shape index (κ1) is 23.0. The van der Waals surface area contributed by atoms with Crippen molar-refractivity contribution < 1.29 is 32.2 Å². The van der Waals surface area contributed by atoms with Gasteiger partial charge in [0.1, 0.15) is 0 Å². The Morgan fingerprint density at radius 3 is 2.11 bits per heavy atom. The lowest BCUT2D eigenvalue weighted by Crippen LogP contribution is -2.38. The molecule has 27 heavy (non-hydrogen) atoms. The van der Waals surface area contributed by atoms with E-state index in [1.54, 1.807) is 0 Å². The lowest BCUT2D eigenvalue weighted by molar-refractivity contribution is -0.164. The molecule has 7 heteroatoms. The van der Waals surface area contributed by atoms with E-state index in [1.165, 1.54) is 33.1 Å². The molecule has 0 unspecified atom stereocenters. The third kappa shape index (κ3) is 6.88. The fourth-order valence-electron chi connectivity index (χ4n) is 2.30. The van der Waals surface area contributed by atoms with E-state index < -0.39 is 40.6 Å². The van der Waals surface area contributed by atoms with E-state index in [1.807, 2.05) is 0 Å². The minimum absolute atomic E-state index is 0.170. The molecule has 1 rings (SSSR count). The number of ether oxygens (including phenoxy) is 2. The molecule has 152 valence electrons. The van der Waals surface area contributed by atoms with Gasteiger partial charge in [0.2, 0.25) is 5.82 Å². The van der Waals surface area contributed by atoms with Gasteiger partial charge in [-0.25, -0.2) is 8.78 Å². The normalized spacial score (nSPS) is 11.3. The maximum atomic E-state index is 13.6. The highest BCUT2D eigenvalue weighted by Crippen LogP contribution is 2.26. The molecule has 0 amide bonds. The second kappa shape index (κ2) is 10.9. The number of hydrogen-bond acceptors (Lipinski definition) is 4. The molecule has 0 spiro atoms. The van der Waals surface area contributed by atoms with Gasteiger partial charge in [-0.3, -0.25) is 9.59 Å². The first-order valence-corrected chi connectivity index (χ1v) is 9.24. The fraction of sp³-hybridized carbons (Fsp3) is 0.600. The summed E-state index contributed by atoms with van der Waals surface area (Å²) in [4.78, 5) is 24.3. The molecular formula is C20H27F3O4. The van der Waals surface area contributed by atoms with Crippen molar-refractivity contribution in [3.8, 4) is 5.75 Å². The lowest BCUT2D eigenvalue weighted by Gasteiger charge is -2.20. The van der Waals surface area contributed by atoms with Crippen molar-refractivity contribution in [2.45, 2.75) is 65.7 Å². The van der Waals surface area contributed by atoms with Crippen molar-refractivity contribution in [2.24, 2.45) is 5.41 Å². The Balaban J connectivity index is 2.47. The predicted octanol–water partition coefficient (Wildman–Crippen LogP) is 5.33. The molecule has 0 atom stereocenters. The number of carbonyl (C=O) groups excluding carboxylic acids is 2. The van der Waals surface area contributed by atoms with E-state index in [-0.39, 0.29) is 6.61 Å². The van der Waals surface area contributed by atoms with Crippen molar-refractivity contribution in [1.82, 2.24) is 0 Å². The number of rotatable bonds is 11. The van der Waals surface area contributed by atoms with Gasteiger partial charge in [0.05, 0.1) is 6.61 Å². The number of unbranched alkanes of at least 4 members (excludes halogenated alkanes) is 6. The van der Waals surface area contributed by atoms with Gasteiger partial charge in [0, 0.05) is 0 Å². The molecule has 0 aliphatic heterocycles. The van der Waals surface area contributed by atoms with Crippen LogP contribution in [0.25, 0.3) is 0 Å². The maximum Gasteiger partial charge on any atom is 0.328 e. The summed E-state index contributed by atoms with van der Waals surface area (Å²) in [5.74, 6) is -7.50. The summed E-state index contributed by atoms with van der Waals surface area (Å²) in [5, 5.41) is 0. The Hall–Kier alpha value is -2.05. The molecule has 0 aliphatic rings. The van der Waals surface area contributed by atoms with Gasteiger partial charge >= 0.3 is 11.9 Å². The van der Waals surface area contributed by atoms with Crippen LogP contribution < -0.4 is 4.74 Å². The van der Waals surface area contributed by atoms with Crippen LogP contribution in [0.4, 0.5) is 13.2 Å². The van der Waals surface area contributed by atoms with Gasteiger partial charge in [0.25, 0.3) is 0 Å². The standard InChI is InChI=1S/C20H27F3O4/c1-4-5-6-7-8-9-10-13-26-18(24)20(2,3)19(25)27-15-12-11-14(21)16(22)17(15)23/h11-12H,4-10,13H2,1-3H3. The summed E-state index contributed by atoms with van der Waals surface area (Å²) < 4.78 is 49.5. The molecule has 0 radical (unpaired) electrons. The Labute approximate surface area is 158 Å². The molecule has 0 heterocycles. The zero-order chi connectivity index (χ0) is 20.4. The third-order valence-corrected chi connectivity index (χ3v) is 4.20. The quantitative estimate of drug-likeness (QED) is 0.169. The number of halogens is 3. The van der Waals surface area contributed by atoms with Crippen LogP contribution in [0.3, 0.4) is 0 Å². The SMILES string of the molecule is CCCCCCCCCOC(=O)C(C)(C)C(=O)Oc1ccc(F)c(F)c1F. The second-order valence-electron chi connectivity index (χ2n) is 6.95. The minimum Gasteiger partial charge on any atom is -0.465 e. The Morgan fingerprint density at radius 2 is 1.48 bits per heavy atom. The molecule has 1 aromatic rings. The van der Waals surface area contributed by atoms with Crippen LogP contribution >= 0.6 is 0 Å². The fourth-order valence-corrected chi connectivity index (χ4v) is 2.30. The monoisotopic (exact) mass is 388 g/mol. The van der Waals surface area contributed by atoms with E-state index in [4.69, 9.17) is 9.47 Å². The highest BCUT2D eigenvalue weighted by Gasteiger charge is 2.40. The van der Waals surface area contributed by atoms with Crippen molar-refractivity contribution in [2.75, 3.05) is 6.61 Å². The summed E-state index contributed by atoms with van der Waals surface area (Å²) >= 11 is 0. The summed E-state index contributed by atoms with van der Waals surface area (Å²) in [6, 6.07) is 1.42. The van der Waals surface area contributed by atoms with Gasteiger partial charge in [-0.2, -0.15) is 4.39 Å². The van der Waals surface area contributed by atoms with Gasteiger partial charge < -0.3 is 9.47 Å². The van der Waals surface area contributed by atoms with Crippen LogP contribution in [0.5, 0.6) is 5.75 Å².